The topological polar surface area (TPSA) is 23.9 Å². The van der Waals surface area contributed by atoms with Crippen molar-refractivity contribution in [1.82, 2.24) is 0 Å². The van der Waals surface area contributed by atoms with Gasteiger partial charge in [-0.15, -0.1) is 0 Å². The first-order chi connectivity index (χ1) is 4.00. The zero-order valence-electron chi connectivity index (χ0n) is 6.60. The standard InChI is InChI=1S/C7H15N2/c1-5-6-9(3,4)7(2)8/h5-6,8H,1-4H3/q+1/b6-5-,8-7?. The Kier molecular flexibility index (Phi) is 2.59. The minimum absolute atomic E-state index is 0.552. The molecule has 0 radical (unpaired) electrons. The van der Waals surface area contributed by atoms with Crippen LogP contribution >= 0.6 is 0 Å². The lowest BCUT2D eigenvalue weighted by atomic mass is 10.5. The lowest BCUT2D eigenvalue weighted by molar-refractivity contribution is -0.744. The predicted octanol–water partition coefficient (Wildman–Crippen LogP) is 1.59. The second-order valence-electron chi connectivity index (χ2n) is 2.61. The Labute approximate surface area is 56.9 Å². The average molecular weight is 127 g/mol. The highest BCUT2D eigenvalue weighted by atomic mass is 15.3. The fourth-order valence-electron chi connectivity index (χ4n) is 0.484. The van der Waals surface area contributed by atoms with Crippen molar-refractivity contribution in [3.05, 3.63) is 12.3 Å². The molecule has 0 aromatic rings. The number of hydrogen-bond donors (Lipinski definition) is 1. The molecule has 0 aromatic heterocycles. The Balaban J connectivity index is 4.19. The summed E-state index contributed by atoms with van der Waals surface area (Å²) in [7, 11) is 3.95. The molecule has 0 saturated heterocycles. The average Bonchev–Trinajstić information content (AvgIpc) is 1.65. The molecule has 0 unspecified atom stereocenters. The van der Waals surface area contributed by atoms with Crippen molar-refractivity contribution in [3.63, 3.8) is 0 Å². The molecule has 0 heterocycles. The molecule has 0 bridgehead atoms. The first-order valence-corrected chi connectivity index (χ1v) is 3.04. The smallest absolute Gasteiger partial charge is 0.196 e. The summed E-state index contributed by atoms with van der Waals surface area (Å²) < 4.78 is 0.552. The number of allylic oxidation sites excluding steroid dienone is 1. The molecule has 0 fully saturated rings. The van der Waals surface area contributed by atoms with Gasteiger partial charge in [-0.05, 0) is 13.0 Å². The summed E-state index contributed by atoms with van der Waals surface area (Å²) in [5, 5.41) is 7.32. The summed E-state index contributed by atoms with van der Waals surface area (Å²) in [6, 6.07) is 0. The lowest BCUT2D eigenvalue weighted by Crippen LogP contribution is -2.37. The Morgan fingerprint density at radius 3 is 2.00 bits per heavy atom. The molecule has 0 rings (SSSR count). The highest BCUT2D eigenvalue weighted by Crippen LogP contribution is 1.98. The van der Waals surface area contributed by atoms with Gasteiger partial charge in [0.25, 0.3) is 0 Å². The number of amidine groups is 1. The summed E-state index contributed by atoms with van der Waals surface area (Å²) >= 11 is 0. The molecule has 9 heavy (non-hydrogen) atoms. The van der Waals surface area contributed by atoms with E-state index in [1.807, 2.05) is 33.3 Å². The molecule has 52 valence electrons. The van der Waals surface area contributed by atoms with Gasteiger partial charge in [-0.2, -0.15) is 0 Å². The van der Waals surface area contributed by atoms with E-state index in [4.69, 9.17) is 5.41 Å². The maximum atomic E-state index is 7.32. The fourth-order valence-corrected chi connectivity index (χ4v) is 0.484. The summed E-state index contributed by atoms with van der Waals surface area (Å²) in [5.74, 6) is 0.646. The van der Waals surface area contributed by atoms with E-state index < -0.39 is 0 Å². The van der Waals surface area contributed by atoms with Crippen LogP contribution in [-0.2, 0) is 0 Å². The molecule has 0 aliphatic rings. The monoisotopic (exact) mass is 127 g/mol. The van der Waals surface area contributed by atoms with Gasteiger partial charge >= 0.3 is 0 Å². The molecule has 0 amide bonds. The number of rotatable bonds is 1. The van der Waals surface area contributed by atoms with Crippen molar-refractivity contribution in [3.8, 4) is 0 Å². The molecule has 0 aliphatic heterocycles. The number of quaternary nitrogens is 1. The SMILES string of the molecule is C/C=C\[N+](C)(C)C(C)=N. The minimum atomic E-state index is 0.552. The molecule has 0 saturated carbocycles. The van der Waals surface area contributed by atoms with Crippen LogP contribution in [0.25, 0.3) is 0 Å². The molecule has 0 aromatic carbocycles. The quantitative estimate of drug-likeness (QED) is 0.314. The molecule has 2 nitrogen and oxygen atoms in total. The summed E-state index contributed by atoms with van der Waals surface area (Å²) in [6.07, 6.45) is 3.93. The van der Waals surface area contributed by atoms with Crippen LogP contribution in [0.4, 0.5) is 0 Å². The predicted molar refractivity (Wildman–Crippen MR) is 40.3 cm³/mol. The van der Waals surface area contributed by atoms with E-state index in [1.54, 1.807) is 6.92 Å². The second-order valence-corrected chi connectivity index (χ2v) is 2.61. The summed E-state index contributed by atoms with van der Waals surface area (Å²) in [5.41, 5.74) is 0. The van der Waals surface area contributed by atoms with Crippen molar-refractivity contribution < 1.29 is 4.48 Å². The van der Waals surface area contributed by atoms with Gasteiger partial charge in [0.1, 0.15) is 0 Å². The van der Waals surface area contributed by atoms with Gasteiger partial charge in [-0.3, -0.25) is 9.89 Å². The zero-order valence-corrected chi connectivity index (χ0v) is 6.60. The highest BCUT2D eigenvalue weighted by molar-refractivity contribution is 5.69. The second kappa shape index (κ2) is 2.78. The van der Waals surface area contributed by atoms with Gasteiger partial charge in [0.15, 0.2) is 5.84 Å². The van der Waals surface area contributed by atoms with Gasteiger partial charge < -0.3 is 0 Å². The van der Waals surface area contributed by atoms with E-state index in [1.165, 1.54) is 0 Å². The highest BCUT2D eigenvalue weighted by Gasteiger charge is 2.12. The first kappa shape index (κ1) is 8.37. The van der Waals surface area contributed by atoms with E-state index in [0.717, 1.165) is 0 Å². The van der Waals surface area contributed by atoms with E-state index in [9.17, 15) is 0 Å². The van der Waals surface area contributed by atoms with Gasteiger partial charge in [0, 0.05) is 6.92 Å². The van der Waals surface area contributed by atoms with Gasteiger partial charge in [-0.1, -0.05) is 0 Å². The van der Waals surface area contributed by atoms with Gasteiger partial charge in [0.2, 0.25) is 0 Å². The van der Waals surface area contributed by atoms with E-state index in [2.05, 4.69) is 0 Å². The molecule has 2 heteroatoms. The molecule has 0 atom stereocenters. The maximum Gasteiger partial charge on any atom is 0.196 e. The Hall–Kier alpha value is -0.630. The van der Waals surface area contributed by atoms with Gasteiger partial charge in [-0.25, -0.2) is 0 Å². The third-order valence-corrected chi connectivity index (χ3v) is 1.39. The van der Waals surface area contributed by atoms with E-state index >= 15 is 0 Å². The van der Waals surface area contributed by atoms with Crippen LogP contribution in [-0.4, -0.2) is 24.4 Å². The number of nitrogens with one attached hydrogen (secondary N) is 1. The van der Waals surface area contributed by atoms with Crippen LogP contribution in [0.5, 0.6) is 0 Å². The van der Waals surface area contributed by atoms with Gasteiger partial charge in [0.05, 0.1) is 20.3 Å². The van der Waals surface area contributed by atoms with Crippen LogP contribution in [0.3, 0.4) is 0 Å². The number of hydrogen-bond acceptors (Lipinski definition) is 1. The molecular weight excluding hydrogens is 112 g/mol. The molecule has 1 N–H and O–H groups in total. The summed E-state index contributed by atoms with van der Waals surface area (Å²) in [4.78, 5) is 0. The number of nitrogens with zero attached hydrogens (tertiary/aromatic N) is 1. The van der Waals surface area contributed by atoms with Crippen LogP contribution in [0.1, 0.15) is 13.8 Å². The molecule has 0 spiro atoms. The maximum absolute atomic E-state index is 7.32. The van der Waals surface area contributed by atoms with Crippen molar-refractivity contribution in [2.24, 2.45) is 0 Å². The summed E-state index contributed by atoms with van der Waals surface area (Å²) in [6.45, 7) is 3.77. The van der Waals surface area contributed by atoms with Crippen LogP contribution in [0.15, 0.2) is 12.3 Å². The first-order valence-electron chi connectivity index (χ1n) is 3.04. The Morgan fingerprint density at radius 2 is 1.89 bits per heavy atom. The normalized spacial score (nSPS) is 12.4. The fraction of sp³-hybridized carbons (Fsp3) is 0.571. The van der Waals surface area contributed by atoms with E-state index in [0.29, 0.717) is 10.3 Å². The van der Waals surface area contributed by atoms with Crippen LogP contribution in [0.2, 0.25) is 0 Å². The Morgan fingerprint density at radius 1 is 1.44 bits per heavy atom. The van der Waals surface area contributed by atoms with Crippen molar-refractivity contribution in [2.75, 3.05) is 14.1 Å². The minimum Gasteiger partial charge on any atom is -0.258 e. The zero-order chi connectivity index (χ0) is 7.49. The third-order valence-electron chi connectivity index (χ3n) is 1.39. The largest absolute Gasteiger partial charge is 0.258 e. The van der Waals surface area contributed by atoms with Crippen LogP contribution in [0, 0.1) is 5.41 Å². The molecule has 0 aliphatic carbocycles. The van der Waals surface area contributed by atoms with Crippen molar-refractivity contribution in [2.45, 2.75) is 13.8 Å². The Bertz CT molecular complexity index is 134. The lowest BCUT2D eigenvalue weighted by Gasteiger charge is -2.21. The van der Waals surface area contributed by atoms with Crippen molar-refractivity contribution >= 4 is 5.84 Å². The molecular formula is C7H15N2+. The third kappa shape index (κ3) is 2.42. The van der Waals surface area contributed by atoms with Crippen molar-refractivity contribution in [1.29, 1.82) is 5.41 Å². The van der Waals surface area contributed by atoms with E-state index in [-0.39, 0.29) is 0 Å². The van der Waals surface area contributed by atoms with Crippen LogP contribution < -0.4 is 0 Å².